The van der Waals surface area contributed by atoms with Crippen molar-refractivity contribution >= 4 is 22.7 Å². The molecule has 0 radical (unpaired) electrons. The molecule has 2 N–H and O–H groups in total. The third-order valence-corrected chi connectivity index (χ3v) is 3.23. The van der Waals surface area contributed by atoms with Gasteiger partial charge in [-0.05, 0) is 36.8 Å². The van der Waals surface area contributed by atoms with Crippen molar-refractivity contribution in [3.63, 3.8) is 0 Å². The summed E-state index contributed by atoms with van der Waals surface area (Å²) in [7, 11) is 0. The fourth-order valence-electron chi connectivity index (χ4n) is 1.59. The summed E-state index contributed by atoms with van der Waals surface area (Å²) in [6.07, 6.45) is 3.00. The Morgan fingerprint density at radius 3 is 2.79 bits per heavy atom. The van der Waals surface area contributed by atoms with Crippen LogP contribution in [-0.4, -0.2) is 19.7 Å². The average molecular weight is 276 g/mol. The van der Waals surface area contributed by atoms with Crippen LogP contribution in [0.3, 0.4) is 0 Å². The molecule has 6 heteroatoms. The number of nitrogens with zero attached hydrogens (tertiary/aromatic N) is 1. The Hall–Kier alpha value is -2.05. The van der Waals surface area contributed by atoms with Gasteiger partial charge in [-0.3, -0.25) is 9.78 Å². The molecule has 0 saturated carbocycles. The largest absolute Gasteiger partial charge is 0.321 e. The van der Waals surface area contributed by atoms with Gasteiger partial charge in [-0.2, -0.15) is 0 Å². The second-order valence-corrected chi connectivity index (χ2v) is 4.88. The van der Waals surface area contributed by atoms with Gasteiger partial charge in [0.25, 0.3) is 5.91 Å². The quantitative estimate of drug-likeness (QED) is 0.842. The normalized spacial score (nSPS) is 11.9. The lowest BCUT2D eigenvalue weighted by Gasteiger charge is -2.09. The van der Waals surface area contributed by atoms with Gasteiger partial charge >= 0.3 is 0 Å². The van der Waals surface area contributed by atoms with Crippen molar-refractivity contribution in [2.75, 3.05) is 5.32 Å². The molecular weight excluding hydrogens is 264 g/mol. The number of amides is 1. The monoisotopic (exact) mass is 276 g/mol. The van der Waals surface area contributed by atoms with Crippen molar-refractivity contribution in [3.05, 3.63) is 53.9 Å². The summed E-state index contributed by atoms with van der Waals surface area (Å²) in [6, 6.07) is 8.15. The second kappa shape index (κ2) is 5.73. The summed E-state index contributed by atoms with van der Waals surface area (Å²) >= 11 is -2.15. The van der Waals surface area contributed by atoms with Crippen LogP contribution in [0.1, 0.15) is 15.9 Å². The minimum Gasteiger partial charge on any atom is -0.321 e. The van der Waals surface area contributed by atoms with Gasteiger partial charge in [0.05, 0.1) is 16.1 Å². The van der Waals surface area contributed by atoms with E-state index in [0.717, 1.165) is 5.56 Å². The Morgan fingerprint density at radius 1 is 1.37 bits per heavy atom. The van der Waals surface area contributed by atoms with Gasteiger partial charge in [-0.1, -0.05) is 6.07 Å². The van der Waals surface area contributed by atoms with E-state index < -0.39 is 11.1 Å². The van der Waals surface area contributed by atoms with Crippen molar-refractivity contribution in [3.8, 4) is 0 Å². The Morgan fingerprint density at radius 2 is 2.16 bits per heavy atom. The predicted octanol–water partition coefficient (Wildman–Crippen LogP) is 2.22. The number of pyridine rings is 1. The molecule has 0 fully saturated rings. The first-order chi connectivity index (χ1) is 9.08. The van der Waals surface area contributed by atoms with Crippen LogP contribution >= 0.6 is 0 Å². The maximum absolute atomic E-state index is 12.0. The summed E-state index contributed by atoms with van der Waals surface area (Å²) in [6.45, 7) is 1.84. The number of benzene rings is 1. The minimum atomic E-state index is -2.15. The van der Waals surface area contributed by atoms with E-state index in [1.54, 1.807) is 30.5 Å². The topological polar surface area (TPSA) is 79.3 Å². The van der Waals surface area contributed by atoms with Crippen LogP contribution in [0, 0.1) is 6.92 Å². The number of hydrogen-bond acceptors (Lipinski definition) is 3. The summed E-state index contributed by atoms with van der Waals surface area (Å²) in [5.41, 5.74) is 1.60. The number of anilines is 1. The highest BCUT2D eigenvalue weighted by molar-refractivity contribution is 7.79. The van der Waals surface area contributed by atoms with E-state index in [2.05, 4.69) is 10.3 Å². The summed E-state index contributed by atoms with van der Waals surface area (Å²) in [5.74, 6) is -0.370. The molecule has 0 spiro atoms. The van der Waals surface area contributed by atoms with Crippen LogP contribution in [-0.2, 0) is 11.1 Å². The second-order valence-electron chi connectivity index (χ2n) is 3.94. The van der Waals surface area contributed by atoms with E-state index in [-0.39, 0.29) is 10.8 Å². The maximum Gasteiger partial charge on any atom is 0.257 e. The van der Waals surface area contributed by atoms with Gasteiger partial charge in [0, 0.05) is 12.4 Å². The van der Waals surface area contributed by atoms with Crippen LogP contribution in [0.25, 0.3) is 0 Å². The lowest BCUT2D eigenvalue weighted by Crippen LogP contribution is -2.14. The molecule has 1 atom stereocenters. The van der Waals surface area contributed by atoms with Crippen molar-refractivity contribution in [1.82, 2.24) is 4.98 Å². The molecule has 1 unspecified atom stereocenters. The molecule has 2 rings (SSSR count). The fraction of sp³-hybridized carbons (Fsp3) is 0.0769. The first-order valence-electron chi connectivity index (χ1n) is 5.51. The van der Waals surface area contributed by atoms with E-state index in [1.165, 1.54) is 12.3 Å². The van der Waals surface area contributed by atoms with Crippen molar-refractivity contribution in [2.24, 2.45) is 0 Å². The standard InChI is InChI=1S/C13H12N2O3S/c1-9-4-5-12(19(17)18)11(7-9)15-13(16)10-3-2-6-14-8-10/h2-8H,1H3,(H,15,16)(H,17,18). The summed E-state index contributed by atoms with van der Waals surface area (Å²) in [5, 5.41) is 2.62. The zero-order valence-electron chi connectivity index (χ0n) is 10.2. The van der Waals surface area contributed by atoms with E-state index in [0.29, 0.717) is 11.3 Å². The molecular formula is C13H12N2O3S. The molecule has 0 aliphatic rings. The number of nitrogens with one attached hydrogen (secondary N) is 1. The number of rotatable bonds is 3. The molecule has 5 nitrogen and oxygen atoms in total. The Kier molecular flexibility index (Phi) is 4.03. The van der Waals surface area contributed by atoms with Crippen LogP contribution in [0.15, 0.2) is 47.6 Å². The third kappa shape index (κ3) is 3.24. The zero-order chi connectivity index (χ0) is 13.8. The third-order valence-electron chi connectivity index (χ3n) is 2.50. The molecule has 0 saturated heterocycles. The van der Waals surface area contributed by atoms with Crippen LogP contribution in [0.5, 0.6) is 0 Å². The molecule has 0 aliphatic carbocycles. The fourth-order valence-corrected chi connectivity index (χ4v) is 2.07. The van der Waals surface area contributed by atoms with E-state index in [4.69, 9.17) is 0 Å². The van der Waals surface area contributed by atoms with E-state index in [1.807, 2.05) is 6.92 Å². The van der Waals surface area contributed by atoms with Crippen LogP contribution in [0.4, 0.5) is 5.69 Å². The minimum absolute atomic E-state index is 0.169. The number of aryl methyl sites for hydroxylation is 1. The number of carbonyl (C=O) groups is 1. The number of carbonyl (C=O) groups excluding carboxylic acids is 1. The number of aromatic nitrogens is 1. The molecule has 1 amide bonds. The Bertz CT molecular complexity index is 629. The molecule has 2 aromatic rings. The SMILES string of the molecule is Cc1ccc(S(=O)O)c(NC(=O)c2cccnc2)c1. The Balaban J connectivity index is 2.31. The molecule has 1 heterocycles. The smallest absolute Gasteiger partial charge is 0.257 e. The van der Waals surface area contributed by atoms with Crippen molar-refractivity contribution < 1.29 is 13.6 Å². The van der Waals surface area contributed by atoms with E-state index in [9.17, 15) is 13.6 Å². The highest BCUT2D eigenvalue weighted by atomic mass is 32.2. The molecule has 1 aromatic carbocycles. The molecule has 98 valence electrons. The first-order valence-corrected chi connectivity index (χ1v) is 6.61. The summed E-state index contributed by atoms with van der Waals surface area (Å²) < 4.78 is 20.4. The van der Waals surface area contributed by atoms with Gasteiger partial charge in [0.2, 0.25) is 0 Å². The lowest BCUT2D eigenvalue weighted by atomic mass is 10.2. The van der Waals surface area contributed by atoms with Gasteiger partial charge in [-0.15, -0.1) is 0 Å². The zero-order valence-corrected chi connectivity index (χ0v) is 11.0. The van der Waals surface area contributed by atoms with Gasteiger partial charge < -0.3 is 9.87 Å². The van der Waals surface area contributed by atoms with Gasteiger partial charge in [0.1, 0.15) is 0 Å². The lowest BCUT2D eigenvalue weighted by molar-refractivity contribution is 0.102. The van der Waals surface area contributed by atoms with Gasteiger partial charge in [-0.25, -0.2) is 4.21 Å². The van der Waals surface area contributed by atoms with Crippen molar-refractivity contribution in [2.45, 2.75) is 11.8 Å². The highest BCUT2D eigenvalue weighted by Gasteiger charge is 2.12. The van der Waals surface area contributed by atoms with Crippen LogP contribution < -0.4 is 5.32 Å². The maximum atomic E-state index is 12.0. The van der Waals surface area contributed by atoms with Gasteiger partial charge in [0.15, 0.2) is 11.1 Å². The van der Waals surface area contributed by atoms with E-state index >= 15 is 0 Å². The molecule has 19 heavy (non-hydrogen) atoms. The van der Waals surface area contributed by atoms with Crippen LogP contribution in [0.2, 0.25) is 0 Å². The average Bonchev–Trinajstić information content (AvgIpc) is 2.39. The highest BCUT2D eigenvalue weighted by Crippen LogP contribution is 2.21. The molecule has 1 aromatic heterocycles. The predicted molar refractivity (Wildman–Crippen MR) is 72.4 cm³/mol. The Labute approximate surface area is 113 Å². The summed E-state index contributed by atoms with van der Waals surface area (Å²) in [4.78, 5) is 16.0. The number of hydrogen-bond donors (Lipinski definition) is 2. The molecule has 0 bridgehead atoms. The molecule has 0 aliphatic heterocycles. The first kappa shape index (κ1) is 13.4. The van der Waals surface area contributed by atoms with Crippen molar-refractivity contribution in [1.29, 1.82) is 0 Å².